The molecule has 7 heteroatoms. The quantitative estimate of drug-likeness (QED) is 0.378. The van der Waals surface area contributed by atoms with Crippen molar-refractivity contribution in [2.75, 3.05) is 5.43 Å². The van der Waals surface area contributed by atoms with Crippen molar-refractivity contribution in [1.29, 1.82) is 0 Å². The lowest BCUT2D eigenvalue weighted by atomic mass is 10.3. The van der Waals surface area contributed by atoms with Gasteiger partial charge in [-0.3, -0.25) is 0 Å². The van der Waals surface area contributed by atoms with E-state index < -0.39 is 0 Å². The van der Waals surface area contributed by atoms with Crippen LogP contribution < -0.4 is 11.3 Å². The van der Waals surface area contributed by atoms with Gasteiger partial charge in [0.1, 0.15) is 16.7 Å². The van der Waals surface area contributed by atoms with Crippen molar-refractivity contribution in [2.45, 2.75) is 43.8 Å². The Morgan fingerprint density at radius 2 is 1.90 bits per heavy atom. The number of aryl methyl sites for hydroxylation is 2. The van der Waals surface area contributed by atoms with Crippen LogP contribution >= 0.6 is 11.8 Å². The van der Waals surface area contributed by atoms with Gasteiger partial charge in [0, 0.05) is 24.4 Å². The Balaban J connectivity index is 2.33. The molecule has 2 heterocycles. The SMILES string of the molecule is CCCc1nc(NN)c(C)c(Sc2ncc(C)cn2)n1. The molecule has 0 saturated heterocycles. The number of hydrogen-bond donors (Lipinski definition) is 2. The minimum absolute atomic E-state index is 0.651. The van der Waals surface area contributed by atoms with Gasteiger partial charge in [0.15, 0.2) is 5.16 Å². The standard InChI is InChI=1S/C13H18N6S/c1-4-5-10-17-11(19-14)9(3)12(18-10)20-13-15-6-8(2)7-16-13/h6-7H,4-5,14H2,1-3H3,(H,17,18,19). The zero-order valence-electron chi connectivity index (χ0n) is 11.8. The highest BCUT2D eigenvalue weighted by Gasteiger charge is 2.12. The van der Waals surface area contributed by atoms with Crippen LogP contribution in [0.2, 0.25) is 0 Å². The van der Waals surface area contributed by atoms with Gasteiger partial charge in [0.2, 0.25) is 0 Å². The lowest BCUT2D eigenvalue weighted by molar-refractivity contribution is 0.801. The van der Waals surface area contributed by atoms with Gasteiger partial charge in [0.05, 0.1) is 0 Å². The highest BCUT2D eigenvalue weighted by molar-refractivity contribution is 7.99. The van der Waals surface area contributed by atoms with E-state index >= 15 is 0 Å². The first kappa shape index (κ1) is 14.7. The predicted octanol–water partition coefficient (Wildman–Crippen LogP) is 2.27. The maximum Gasteiger partial charge on any atom is 0.193 e. The first-order valence-corrected chi connectivity index (χ1v) is 7.26. The number of hydrazine groups is 1. The van der Waals surface area contributed by atoms with Crippen LogP contribution in [0.3, 0.4) is 0 Å². The van der Waals surface area contributed by atoms with E-state index in [1.54, 1.807) is 12.4 Å². The molecular formula is C13H18N6S. The van der Waals surface area contributed by atoms with Crippen LogP contribution in [0.4, 0.5) is 5.82 Å². The van der Waals surface area contributed by atoms with Gasteiger partial charge in [-0.25, -0.2) is 25.8 Å². The molecule has 0 unspecified atom stereocenters. The number of nitrogen functional groups attached to an aromatic ring is 1. The summed E-state index contributed by atoms with van der Waals surface area (Å²) in [5, 5.41) is 1.50. The number of anilines is 1. The van der Waals surface area contributed by atoms with Crippen molar-refractivity contribution >= 4 is 17.6 Å². The van der Waals surface area contributed by atoms with E-state index in [9.17, 15) is 0 Å². The molecule has 0 aliphatic rings. The molecule has 0 bridgehead atoms. The summed E-state index contributed by atoms with van der Waals surface area (Å²) in [4.78, 5) is 17.5. The molecule has 0 fully saturated rings. The summed E-state index contributed by atoms with van der Waals surface area (Å²) in [6.07, 6.45) is 5.39. The number of hydrogen-bond acceptors (Lipinski definition) is 7. The second-order valence-corrected chi connectivity index (χ2v) is 5.41. The Bertz CT molecular complexity index is 584. The van der Waals surface area contributed by atoms with E-state index in [0.29, 0.717) is 11.0 Å². The summed E-state index contributed by atoms with van der Waals surface area (Å²) in [7, 11) is 0. The van der Waals surface area contributed by atoms with Crippen molar-refractivity contribution in [3.05, 3.63) is 29.3 Å². The fourth-order valence-electron chi connectivity index (χ4n) is 1.64. The predicted molar refractivity (Wildman–Crippen MR) is 79.5 cm³/mol. The first-order valence-electron chi connectivity index (χ1n) is 6.44. The lowest BCUT2D eigenvalue weighted by Crippen LogP contribution is -2.13. The Labute approximate surface area is 122 Å². The minimum Gasteiger partial charge on any atom is -0.308 e. The summed E-state index contributed by atoms with van der Waals surface area (Å²) < 4.78 is 0. The molecule has 0 atom stereocenters. The van der Waals surface area contributed by atoms with Gasteiger partial charge in [-0.05, 0) is 37.6 Å². The highest BCUT2D eigenvalue weighted by Crippen LogP contribution is 2.28. The highest BCUT2D eigenvalue weighted by atomic mass is 32.2. The van der Waals surface area contributed by atoms with Gasteiger partial charge in [-0.2, -0.15) is 0 Å². The van der Waals surface area contributed by atoms with E-state index in [0.717, 1.165) is 34.8 Å². The summed E-state index contributed by atoms with van der Waals surface area (Å²) >= 11 is 1.42. The molecule has 2 aromatic heterocycles. The van der Waals surface area contributed by atoms with Crippen LogP contribution in [0.5, 0.6) is 0 Å². The average molecular weight is 290 g/mol. The van der Waals surface area contributed by atoms with Crippen molar-refractivity contribution in [3.8, 4) is 0 Å². The van der Waals surface area contributed by atoms with E-state index in [1.807, 2.05) is 13.8 Å². The van der Waals surface area contributed by atoms with Gasteiger partial charge in [-0.15, -0.1) is 0 Å². The Hall–Kier alpha value is -1.73. The van der Waals surface area contributed by atoms with Gasteiger partial charge in [0.25, 0.3) is 0 Å². The van der Waals surface area contributed by atoms with Crippen LogP contribution in [0.15, 0.2) is 22.6 Å². The van der Waals surface area contributed by atoms with Crippen LogP contribution in [0.1, 0.15) is 30.3 Å². The van der Waals surface area contributed by atoms with Crippen molar-refractivity contribution in [3.63, 3.8) is 0 Å². The maximum absolute atomic E-state index is 5.52. The van der Waals surface area contributed by atoms with E-state index in [2.05, 4.69) is 32.3 Å². The molecule has 0 aliphatic carbocycles. The fourth-order valence-corrected chi connectivity index (χ4v) is 2.42. The summed E-state index contributed by atoms with van der Waals surface area (Å²) in [5.41, 5.74) is 4.56. The molecule has 2 aromatic rings. The number of nitrogens with one attached hydrogen (secondary N) is 1. The van der Waals surface area contributed by atoms with Gasteiger partial charge >= 0.3 is 0 Å². The lowest BCUT2D eigenvalue weighted by Gasteiger charge is -2.10. The Morgan fingerprint density at radius 3 is 2.50 bits per heavy atom. The van der Waals surface area contributed by atoms with Crippen molar-refractivity contribution in [1.82, 2.24) is 19.9 Å². The molecule has 0 amide bonds. The van der Waals surface area contributed by atoms with E-state index in [-0.39, 0.29) is 0 Å². The third-order valence-electron chi connectivity index (χ3n) is 2.70. The molecular weight excluding hydrogens is 272 g/mol. The number of nitrogens with two attached hydrogens (primary N) is 1. The number of aromatic nitrogens is 4. The largest absolute Gasteiger partial charge is 0.308 e. The maximum atomic E-state index is 5.52. The van der Waals surface area contributed by atoms with Crippen LogP contribution in [0.25, 0.3) is 0 Å². The molecule has 0 spiro atoms. The molecule has 6 nitrogen and oxygen atoms in total. The zero-order chi connectivity index (χ0) is 14.5. The Kier molecular flexibility index (Phi) is 4.86. The molecule has 20 heavy (non-hydrogen) atoms. The monoisotopic (exact) mass is 290 g/mol. The summed E-state index contributed by atoms with van der Waals surface area (Å²) in [6, 6.07) is 0. The van der Waals surface area contributed by atoms with Crippen molar-refractivity contribution < 1.29 is 0 Å². The van der Waals surface area contributed by atoms with Crippen LogP contribution in [-0.4, -0.2) is 19.9 Å². The molecule has 0 aliphatic heterocycles. The molecule has 3 N–H and O–H groups in total. The molecule has 0 saturated carbocycles. The second kappa shape index (κ2) is 6.62. The third-order valence-corrected chi connectivity index (χ3v) is 3.69. The third kappa shape index (κ3) is 3.43. The van der Waals surface area contributed by atoms with E-state index in [1.165, 1.54) is 11.8 Å². The van der Waals surface area contributed by atoms with Crippen molar-refractivity contribution in [2.24, 2.45) is 5.84 Å². The number of nitrogens with zero attached hydrogens (tertiary/aromatic N) is 4. The summed E-state index contributed by atoms with van der Waals surface area (Å²) in [6.45, 7) is 5.98. The average Bonchev–Trinajstić information content (AvgIpc) is 2.45. The van der Waals surface area contributed by atoms with E-state index in [4.69, 9.17) is 5.84 Å². The minimum atomic E-state index is 0.651. The fraction of sp³-hybridized carbons (Fsp3) is 0.385. The smallest absolute Gasteiger partial charge is 0.193 e. The van der Waals surface area contributed by atoms with Crippen LogP contribution in [0, 0.1) is 13.8 Å². The normalized spacial score (nSPS) is 10.6. The molecule has 0 radical (unpaired) electrons. The molecule has 106 valence electrons. The second-order valence-electron chi connectivity index (χ2n) is 4.46. The molecule has 0 aromatic carbocycles. The summed E-state index contributed by atoms with van der Waals surface area (Å²) in [5.74, 6) is 6.95. The van der Waals surface area contributed by atoms with Crippen LogP contribution in [-0.2, 0) is 6.42 Å². The topological polar surface area (TPSA) is 89.6 Å². The van der Waals surface area contributed by atoms with Gasteiger partial charge < -0.3 is 5.43 Å². The zero-order valence-corrected chi connectivity index (χ0v) is 12.7. The Morgan fingerprint density at radius 1 is 1.20 bits per heavy atom. The van der Waals surface area contributed by atoms with Gasteiger partial charge in [-0.1, -0.05) is 6.92 Å². The number of rotatable bonds is 5. The first-order chi connectivity index (χ1) is 9.63. The molecule has 2 rings (SSSR count).